The van der Waals surface area contributed by atoms with Gasteiger partial charge in [-0.05, 0) is 6.07 Å². The number of hydrogen-bond donors (Lipinski definition) is 1. The summed E-state index contributed by atoms with van der Waals surface area (Å²) in [5.74, 6) is 1.58. The van der Waals surface area contributed by atoms with Gasteiger partial charge in [-0.1, -0.05) is 26.0 Å². The first-order valence-corrected chi connectivity index (χ1v) is 7.18. The molecular formula is C16H23N3O2. The Kier molecular flexibility index (Phi) is 5.63. The van der Waals surface area contributed by atoms with Crippen molar-refractivity contribution in [3.63, 3.8) is 0 Å². The molecule has 0 fully saturated rings. The van der Waals surface area contributed by atoms with Crippen molar-refractivity contribution in [1.29, 1.82) is 0 Å². The van der Waals surface area contributed by atoms with E-state index in [1.54, 1.807) is 19.6 Å². The van der Waals surface area contributed by atoms with Crippen molar-refractivity contribution in [1.82, 2.24) is 14.9 Å². The molecule has 0 aliphatic carbocycles. The number of methoxy groups -OCH3 is 1. The minimum atomic E-state index is 0.426. The zero-order chi connectivity index (χ0) is 15.1. The highest BCUT2D eigenvalue weighted by atomic mass is 16.5. The highest BCUT2D eigenvalue weighted by Gasteiger charge is 2.10. The van der Waals surface area contributed by atoms with Gasteiger partial charge < -0.3 is 19.4 Å². The Morgan fingerprint density at radius 3 is 2.86 bits per heavy atom. The number of aromatic nitrogens is 2. The number of ether oxygens (including phenoxy) is 2. The molecule has 5 heteroatoms. The Hall–Kier alpha value is -2.01. The summed E-state index contributed by atoms with van der Waals surface area (Å²) in [6.07, 6.45) is 5.47. The van der Waals surface area contributed by atoms with Crippen LogP contribution >= 0.6 is 0 Å². The predicted octanol–water partition coefficient (Wildman–Crippen LogP) is 2.47. The lowest BCUT2D eigenvalue weighted by Crippen LogP contribution is -2.22. The molecule has 21 heavy (non-hydrogen) atoms. The lowest BCUT2D eigenvalue weighted by atomic mass is 10.1. The van der Waals surface area contributed by atoms with E-state index in [0.29, 0.717) is 12.6 Å². The van der Waals surface area contributed by atoms with Gasteiger partial charge in [-0.2, -0.15) is 0 Å². The minimum absolute atomic E-state index is 0.426. The number of nitrogens with one attached hydrogen (secondary N) is 1. The van der Waals surface area contributed by atoms with Crippen molar-refractivity contribution in [2.45, 2.75) is 33.0 Å². The van der Waals surface area contributed by atoms with E-state index in [-0.39, 0.29) is 0 Å². The number of hydrogen-bond acceptors (Lipinski definition) is 4. The van der Waals surface area contributed by atoms with Gasteiger partial charge >= 0.3 is 0 Å². The van der Waals surface area contributed by atoms with Crippen molar-refractivity contribution in [2.24, 2.45) is 0 Å². The van der Waals surface area contributed by atoms with Crippen LogP contribution in [0.4, 0.5) is 0 Å². The van der Waals surface area contributed by atoms with Crippen LogP contribution in [0, 0.1) is 0 Å². The van der Waals surface area contributed by atoms with Gasteiger partial charge in [0.25, 0.3) is 0 Å². The van der Waals surface area contributed by atoms with Crippen LogP contribution in [0.2, 0.25) is 0 Å². The van der Waals surface area contributed by atoms with Crippen LogP contribution in [0.25, 0.3) is 0 Å². The highest BCUT2D eigenvalue weighted by molar-refractivity contribution is 5.46. The summed E-state index contributed by atoms with van der Waals surface area (Å²) < 4.78 is 13.3. The normalized spacial score (nSPS) is 10.9. The molecule has 0 radical (unpaired) electrons. The molecule has 1 aromatic heterocycles. The fourth-order valence-corrected chi connectivity index (χ4v) is 2.01. The van der Waals surface area contributed by atoms with Crippen LogP contribution in [0.1, 0.15) is 19.4 Å². The van der Waals surface area contributed by atoms with E-state index in [1.807, 2.05) is 22.9 Å². The van der Waals surface area contributed by atoms with Crippen molar-refractivity contribution < 1.29 is 9.47 Å². The molecule has 0 bridgehead atoms. The van der Waals surface area contributed by atoms with Crippen LogP contribution in [-0.4, -0.2) is 29.3 Å². The Labute approximate surface area is 125 Å². The van der Waals surface area contributed by atoms with Gasteiger partial charge in [0.05, 0.1) is 20.0 Å². The maximum absolute atomic E-state index is 5.95. The molecule has 0 unspecified atom stereocenters. The van der Waals surface area contributed by atoms with E-state index >= 15 is 0 Å². The summed E-state index contributed by atoms with van der Waals surface area (Å²) in [5.41, 5.74) is 1.11. The average Bonchev–Trinajstić information content (AvgIpc) is 2.99. The topological polar surface area (TPSA) is 48.3 Å². The maximum atomic E-state index is 5.95. The molecule has 5 nitrogen and oxygen atoms in total. The molecule has 0 spiro atoms. The molecule has 0 atom stereocenters. The average molecular weight is 289 g/mol. The summed E-state index contributed by atoms with van der Waals surface area (Å²) >= 11 is 0. The summed E-state index contributed by atoms with van der Waals surface area (Å²) in [7, 11) is 1.66. The third-order valence-electron chi connectivity index (χ3n) is 3.14. The Morgan fingerprint density at radius 2 is 2.19 bits per heavy atom. The van der Waals surface area contributed by atoms with Gasteiger partial charge in [0, 0.05) is 30.5 Å². The van der Waals surface area contributed by atoms with Gasteiger partial charge in [-0.25, -0.2) is 4.98 Å². The highest BCUT2D eigenvalue weighted by Crippen LogP contribution is 2.31. The second-order valence-electron chi connectivity index (χ2n) is 5.13. The van der Waals surface area contributed by atoms with Crippen molar-refractivity contribution in [2.75, 3.05) is 13.7 Å². The first kappa shape index (κ1) is 15.4. The van der Waals surface area contributed by atoms with Crippen LogP contribution in [-0.2, 0) is 13.1 Å². The Balaban J connectivity index is 2.03. The third kappa shape index (κ3) is 4.49. The number of nitrogens with zero attached hydrogens (tertiary/aromatic N) is 2. The standard InChI is InChI=1S/C16H23N3O2/c1-13(2)18-11-14-5-4-6-15(20-3)16(14)21-10-9-19-8-7-17-12-19/h4-8,12-13,18H,9-11H2,1-3H3. The molecule has 1 N–H and O–H groups in total. The molecule has 0 aliphatic heterocycles. The van der Waals surface area contributed by atoms with Crippen LogP contribution in [0.5, 0.6) is 11.5 Å². The number of benzene rings is 1. The zero-order valence-electron chi connectivity index (χ0n) is 12.9. The van der Waals surface area contributed by atoms with Crippen molar-refractivity contribution >= 4 is 0 Å². The Morgan fingerprint density at radius 1 is 1.33 bits per heavy atom. The molecule has 2 rings (SSSR count). The van der Waals surface area contributed by atoms with Gasteiger partial charge in [0.15, 0.2) is 11.5 Å². The quantitative estimate of drug-likeness (QED) is 0.811. The lowest BCUT2D eigenvalue weighted by molar-refractivity contribution is 0.276. The maximum Gasteiger partial charge on any atom is 0.165 e. The molecule has 0 saturated carbocycles. The number of para-hydroxylation sites is 1. The largest absolute Gasteiger partial charge is 0.493 e. The summed E-state index contributed by atoms with van der Waals surface area (Å²) in [6.45, 7) is 6.34. The SMILES string of the molecule is COc1cccc(CNC(C)C)c1OCCn1ccnc1. The first-order chi connectivity index (χ1) is 10.2. The van der Waals surface area contributed by atoms with E-state index in [9.17, 15) is 0 Å². The summed E-state index contributed by atoms with van der Waals surface area (Å²) in [6, 6.07) is 6.39. The second-order valence-corrected chi connectivity index (χ2v) is 5.13. The molecule has 1 heterocycles. The van der Waals surface area contributed by atoms with Gasteiger partial charge in [0.2, 0.25) is 0 Å². The Bertz CT molecular complexity index is 538. The van der Waals surface area contributed by atoms with Gasteiger partial charge in [-0.15, -0.1) is 0 Å². The van der Waals surface area contributed by atoms with Crippen molar-refractivity contribution in [3.8, 4) is 11.5 Å². The van der Waals surface area contributed by atoms with Gasteiger partial charge in [-0.3, -0.25) is 0 Å². The smallest absolute Gasteiger partial charge is 0.165 e. The lowest BCUT2D eigenvalue weighted by Gasteiger charge is -2.16. The van der Waals surface area contributed by atoms with E-state index in [2.05, 4.69) is 30.2 Å². The van der Waals surface area contributed by atoms with Crippen LogP contribution in [0.15, 0.2) is 36.9 Å². The fourth-order valence-electron chi connectivity index (χ4n) is 2.01. The molecule has 0 saturated heterocycles. The molecule has 114 valence electrons. The third-order valence-corrected chi connectivity index (χ3v) is 3.14. The predicted molar refractivity (Wildman–Crippen MR) is 82.7 cm³/mol. The minimum Gasteiger partial charge on any atom is -0.493 e. The van der Waals surface area contributed by atoms with E-state index < -0.39 is 0 Å². The second kappa shape index (κ2) is 7.69. The summed E-state index contributed by atoms with van der Waals surface area (Å²) in [5, 5.41) is 3.41. The van der Waals surface area contributed by atoms with E-state index in [0.717, 1.165) is 30.2 Å². The molecule has 1 aromatic carbocycles. The molecule has 0 aliphatic rings. The molecule has 2 aromatic rings. The summed E-state index contributed by atoms with van der Waals surface area (Å²) in [4.78, 5) is 4.02. The van der Waals surface area contributed by atoms with Crippen LogP contribution in [0.3, 0.4) is 0 Å². The van der Waals surface area contributed by atoms with Crippen LogP contribution < -0.4 is 14.8 Å². The molecule has 0 amide bonds. The molecular weight excluding hydrogens is 266 g/mol. The zero-order valence-corrected chi connectivity index (χ0v) is 12.9. The van der Waals surface area contributed by atoms with Gasteiger partial charge in [0.1, 0.15) is 6.61 Å². The first-order valence-electron chi connectivity index (χ1n) is 7.18. The van der Waals surface area contributed by atoms with E-state index in [1.165, 1.54) is 0 Å². The number of imidazole rings is 1. The van der Waals surface area contributed by atoms with Crippen molar-refractivity contribution in [3.05, 3.63) is 42.5 Å². The fraction of sp³-hybridized carbons (Fsp3) is 0.438. The van der Waals surface area contributed by atoms with E-state index in [4.69, 9.17) is 9.47 Å². The monoisotopic (exact) mass is 289 g/mol. The number of rotatable bonds is 8.